The molecular weight excluding hydrogens is 366 g/mol. The van der Waals surface area contributed by atoms with Gasteiger partial charge in [-0.2, -0.15) is 0 Å². The van der Waals surface area contributed by atoms with E-state index in [1.54, 1.807) is 0 Å². The number of hydrogen-bond acceptors (Lipinski definition) is 3. The van der Waals surface area contributed by atoms with Gasteiger partial charge >= 0.3 is 0 Å². The number of benzene rings is 2. The fraction of sp³-hybridized carbons (Fsp3) is 0.500. The number of unbranched alkanes of at least 4 members (excludes halogenated alkanes) is 1. The number of sulfone groups is 1. The fourth-order valence-electron chi connectivity index (χ4n) is 4.32. The predicted octanol–water partition coefficient (Wildman–Crippen LogP) is 4.43. The van der Waals surface area contributed by atoms with Gasteiger partial charge in [0, 0.05) is 17.7 Å². The molecule has 0 heterocycles. The van der Waals surface area contributed by atoms with Crippen molar-refractivity contribution in [3.8, 4) is 0 Å². The molecule has 1 aliphatic rings. The molecule has 1 aliphatic carbocycles. The summed E-state index contributed by atoms with van der Waals surface area (Å²) in [5.41, 5.74) is 12.0. The van der Waals surface area contributed by atoms with Gasteiger partial charge in [0.25, 0.3) is 0 Å². The molecule has 2 aromatic rings. The summed E-state index contributed by atoms with van der Waals surface area (Å²) in [5.74, 6) is 0.981. The molecule has 2 unspecified atom stereocenters. The molecule has 0 aromatic heterocycles. The lowest BCUT2D eigenvalue weighted by atomic mass is 9.76. The van der Waals surface area contributed by atoms with Crippen LogP contribution in [-0.2, 0) is 29.1 Å². The maximum atomic E-state index is 11.9. The second kappa shape index (κ2) is 9.71. The van der Waals surface area contributed by atoms with Crippen molar-refractivity contribution in [1.82, 2.24) is 0 Å². The molecule has 0 aliphatic heterocycles. The van der Waals surface area contributed by atoms with Crippen LogP contribution < -0.4 is 5.73 Å². The Hall–Kier alpha value is -1.65. The van der Waals surface area contributed by atoms with Crippen LogP contribution in [0.4, 0.5) is 0 Å². The van der Waals surface area contributed by atoms with E-state index in [2.05, 4.69) is 48.5 Å². The van der Waals surface area contributed by atoms with Crippen LogP contribution >= 0.6 is 0 Å². The molecule has 0 amide bonds. The van der Waals surface area contributed by atoms with Crippen molar-refractivity contribution in [2.24, 2.45) is 5.73 Å². The average molecular weight is 400 g/mol. The summed E-state index contributed by atoms with van der Waals surface area (Å²) in [5, 5.41) is 0. The highest BCUT2D eigenvalue weighted by atomic mass is 32.2. The van der Waals surface area contributed by atoms with Crippen molar-refractivity contribution in [2.45, 2.75) is 63.8 Å². The highest BCUT2D eigenvalue weighted by molar-refractivity contribution is 7.91. The van der Waals surface area contributed by atoms with E-state index in [9.17, 15) is 8.42 Å². The van der Waals surface area contributed by atoms with Gasteiger partial charge in [0.2, 0.25) is 0 Å². The number of fused-ring (bicyclic) bond motifs is 1. The Balaban J connectivity index is 1.66. The van der Waals surface area contributed by atoms with E-state index in [1.165, 1.54) is 22.3 Å². The van der Waals surface area contributed by atoms with Gasteiger partial charge in [0.15, 0.2) is 0 Å². The Kier molecular flexibility index (Phi) is 7.30. The molecule has 0 spiro atoms. The minimum absolute atomic E-state index is 0.196. The van der Waals surface area contributed by atoms with E-state index in [1.807, 2.05) is 6.92 Å². The molecule has 0 fully saturated rings. The molecule has 0 radical (unpaired) electrons. The first-order chi connectivity index (χ1) is 13.5. The third kappa shape index (κ3) is 5.68. The van der Waals surface area contributed by atoms with Gasteiger partial charge < -0.3 is 5.73 Å². The molecule has 152 valence electrons. The molecule has 0 bridgehead atoms. The van der Waals surface area contributed by atoms with Gasteiger partial charge in [-0.05, 0) is 67.2 Å². The van der Waals surface area contributed by atoms with Crippen LogP contribution in [0.15, 0.2) is 48.5 Å². The highest BCUT2D eigenvalue weighted by Crippen LogP contribution is 2.34. The van der Waals surface area contributed by atoms with Crippen LogP contribution in [0.3, 0.4) is 0 Å². The Morgan fingerprint density at radius 3 is 2.54 bits per heavy atom. The minimum Gasteiger partial charge on any atom is -0.327 e. The topological polar surface area (TPSA) is 60.2 Å². The van der Waals surface area contributed by atoms with Gasteiger partial charge in [-0.15, -0.1) is 0 Å². The monoisotopic (exact) mass is 399 g/mol. The lowest BCUT2D eigenvalue weighted by Gasteiger charge is -2.32. The van der Waals surface area contributed by atoms with Crippen LogP contribution in [0.25, 0.3) is 0 Å². The zero-order valence-electron chi connectivity index (χ0n) is 16.9. The van der Waals surface area contributed by atoms with E-state index in [0.29, 0.717) is 23.8 Å². The standard InChI is InChI=1S/C24H33NO2S/c1-2-15-28(26,27)16-7-6-10-20-11-12-21-13-14-24(25)23(22(21)17-20)18-19-8-4-3-5-9-19/h3-5,8-9,11-12,17,23-24H,2,6-7,10,13-16,18,25H2,1H3. The highest BCUT2D eigenvalue weighted by Gasteiger charge is 2.27. The maximum absolute atomic E-state index is 11.9. The smallest absolute Gasteiger partial charge is 0.150 e. The van der Waals surface area contributed by atoms with Crippen LogP contribution in [-0.4, -0.2) is 26.0 Å². The largest absolute Gasteiger partial charge is 0.327 e. The fourth-order valence-corrected chi connectivity index (χ4v) is 5.79. The van der Waals surface area contributed by atoms with E-state index in [0.717, 1.165) is 38.5 Å². The zero-order valence-corrected chi connectivity index (χ0v) is 17.8. The third-order valence-corrected chi connectivity index (χ3v) is 7.80. The first-order valence-electron chi connectivity index (χ1n) is 10.6. The van der Waals surface area contributed by atoms with Crippen molar-refractivity contribution in [1.29, 1.82) is 0 Å². The summed E-state index contributed by atoms with van der Waals surface area (Å²) in [6, 6.07) is 17.6. The predicted molar refractivity (Wildman–Crippen MR) is 118 cm³/mol. The molecule has 28 heavy (non-hydrogen) atoms. The molecule has 3 nitrogen and oxygen atoms in total. The Labute approximate surface area is 170 Å². The number of nitrogens with two attached hydrogens (primary N) is 1. The van der Waals surface area contributed by atoms with Crippen molar-refractivity contribution in [3.63, 3.8) is 0 Å². The van der Waals surface area contributed by atoms with Crippen molar-refractivity contribution in [2.75, 3.05) is 11.5 Å². The first kappa shape index (κ1) is 21.1. The Bertz CT molecular complexity index is 861. The van der Waals surface area contributed by atoms with Crippen LogP contribution in [0.2, 0.25) is 0 Å². The Morgan fingerprint density at radius 2 is 1.79 bits per heavy atom. The summed E-state index contributed by atoms with van der Waals surface area (Å²) in [6.07, 6.45) is 6.37. The van der Waals surface area contributed by atoms with E-state index < -0.39 is 9.84 Å². The lowest BCUT2D eigenvalue weighted by Crippen LogP contribution is -2.34. The molecule has 2 atom stereocenters. The van der Waals surface area contributed by atoms with Gasteiger partial charge in [-0.25, -0.2) is 8.42 Å². The van der Waals surface area contributed by atoms with Crippen LogP contribution in [0, 0.1) is 0 Å². The third-order valence-electron chi connectivity index (χ3n) is 5.86. The second-order valence-electron chi connectivity index (χ2n) is 8.14. The lowest BCUT2D eigenvalue weighted by molar-refractivity contribution is 0.467. The van der Waals surface area contributed by atoms with Crippen molar-refractivity contribution in [3.05, 3.63) is 70.8 Å². The number of rotatable bonds is 9. The van der Waals surface area contributed by atoms with Crippen LogP contribution in [0.5, 0.6) is 0 Å². The van der Waals surface area contributed by atoms with Gasteiger partial charge in [-0.3, -0.25) is 0 Å². The molecule has 4 heteroatoms. The van der Waals surface area contributed by atoms with Crippen molar-refractivity contribution < 1.29 is 8.42 Å². The van der Waals surface area contributed by atoms with Gasteiger partial charge in [0.1, 0.15) is 9.84 Å². The Morgan fingerprint density at radius 1 is 1.00 bits per heavy atom. The molecule has 2 aromatic carbocycles. The molecule has 3 rings (SSSR count). The van der Waals surface area contributed by atoms with E-state index in [4.69, 9.17) is 5.73 Å². The number of hydrogen-bond donors (Lipinski definition) is 1. The maximum Gasteiger partial charge on any atom is 0.150 e. The molecule has 0 saturated carbocycles. The summed E-state index contributed by atoms with van der Waals surface area (Å²) < 4.78 is 23.7. The molecule has 2 N–H and O–H groups in total. The van der Waals surface area contributed by atoms with E-state index >= 15 is 0 Å². The quantitative estimate of drug-likeness (QED) is 0.634. The van der Waals surface area contributed by atoms with E-state index in [-0.39, 0.29) is 6.04 Å². The van der Waals surface area contributed by atoms with Crippen molar-refractivity contribution >= 4 is 9.84 Å². The van der Waals surface area contributed by atoms with Gasteiger partial charge in [0.05, 0.1) is 5.75 Å². The first-order valence-corrected chi connectivity index (χ1v) is 12.4. The normalized spacial score (nSPS) is 19.4. The summed E-state index contributed by atoms with van der Waals surface area (Å²) in [6.45, 7) is 1.92. The SMILES string of the molecule is CCCS(=O)(=O)CCCCc1ccc2c(c1)C(Cc1ccccc1)C(N)CC2. The summed E-state index contributed by atoms with van der Waals surface area (Å²) in [7, 11) is -2.87. The minimum atomic E-state index is -2.87. The number of aryl methyl sites for hydroxylation is 2. The second-order valence-corrected chi connectivity index (χ2v) is 10.4. The zero-order chi connectivity index (χ0) is 20.0. The molecule has 0 saturated heterocycles. The van der Waals surface area contributed by atoms with Crippen LogP contribution in [0.1, 0.15) is 60.8 Å². The summed E-state index contributed by atoms with van der Waals surface area (Å²) in [4.78, 5) is 0. The molecular formula is C24H33NO2S. The summed E-state index contributed by atoms with van der Waals surface area (Å²) >= 11 is 0. The average Bonchev–Trinajstić information content (AvgIpc) is 2.68. The van der Waals surface area contributed by atoms with Gasteiger partial charge in [-0.1, -0.05) is 55.5 Å².